The van der Waals surface area contributed by atoms with Gasteiger partial charge in [-0.1, -0.05) is 13.3 Å². The lowest BCUT2D eigenvalue weighted by Gasteiger charge is -2.08. The van der Waals surface area contributed by atoms with Gasteiger partial charge in [-0.15, -0.1) is 5.10 Å². The van der Waals surface area contributed by atoms with E-state index in [4.69, 9.17) is 5.11 Å². The monoisotopic (exact) mass is 236 g/mol. The molecule has 3 unspecified atom stereocenters. The van der Waals surface area contributed by atoms with Gasteiger partial charge in [0, 0.05) is 5.92 Å². The molecule has 92 valence electrons. The molecular weight excluding hydrogens is 220 g/mol. The van der Waals surface area contributed by atoms with Crippen molar-refractivity contribution < 1.29 is 9.90 Å². The number of rotatable bonds is 4. The molecule has 3 rings (SSSR count). The second-order valence-corrected chi connectivity index (χ2v) is 5.24. The summed E-state index contributed by atoms with van der Waals surface area (Å²) in [5.41, 5.74) is 0. The van der Waals surface area contributed by atoms with Crippen LogP contribution in [0, 0.1) is 17.8 Å². The molecule has 1 N–H and O–H groups in total. The van der Waals surface area contributed by atoms with Crippen LogP contribution in [-0.4, -0.2) is 31.3 Å². The van der Waals surface area contributed by atoms with Gasteiger partial charge in [0.15, 0.2) is 5.82 Å². The van der Waals surface area contributed by atoms with Crippen molar-refractivity contribution in [1.82, 2.24) is 20.2 Å². The van der Waals surface area contributed by atoms with Gasteiger partial charge in [-0.2, -0.15) is 0 Å². The quantitative estimate of drug-likeness (QED) is 0.840. The van der Waals surface area contributed by atoms with Crippen LogP contribution in [0.25, 0.3) is 0 Å². The maximum Gasteiger partial charge on any atom is 0.308 e. The number of fused-ring (bicyclic) bond motifs is 1. The van der Waals surface area contributed by atoms with E-state index in [0.717, 1.165) is 17.7 Å². The minimum atomic E-state index is -0.803. The molecule has 0 aliphatic heterocycles. The summed E-state index contributed by atoms with van der Waals surface area (Å²) in [4.78, 5) is 10.8. The lowest BCUT2D eigenvalue weighted by atomic mass is 10.1. The first-order chi connectivity index (χ1) is 8.18. The molecule has 2 aliphatic rings. The summed E-state index contributed by atoms with van der Waals surface area (Å²) in [6, 6.07) is 0. The highest BCUT2D eigenvalue weighted by Gasteiger charge is 2.55. The Kier molecular flexibility index (Phi) is 2.38. The lowest BCUT2D eigenvalue weighted by Crippen LogP contribution is -2.19. The summed E-state index contributed by atoms with van der Waals surface area (Å²) in [6.07, 6.45) is 3.87. The van der Waals surface area contributed by atoms with Gasteiger partial charge < -0.3 is 5.11 Å². The van der Waals surface area contributed by atoms with Crippen LogP contribution in [-0.2, 0) is 11.3 Å². The fraction of sp³-hybridized carbons (Fsp3) is 0.818. The topological polar surface area (TPSA) is 80.9 Å². The molecule has 0 amide bonds. The first-order valence-electron chi connectivity index (χ1n) is 6.17. The molecule has 0 bridgehead atoms. The standard InChI is InChI=1S/C11H16N4O2/c1-6(11(16)17)5-15-10(12-13-14-15)9-7-3-2-4-8(7)9/h6-9H,2-5H2,1H3,(H,16,17). The average Bonchev–Trinajstić information content (AvgIpc) is 2.74. The van der Waals surface area contributed by atoms with Crippen LogP contribution < -0.4 is 0 Å². The van der Waals surface area contributed by atoms with Crippen molar-refractivity contribution in [1.29, 1.82) is 0 Å². The normalized spacial score (nSPS) is 32.2. The van der Waals surface area contributed by atoms with Gasteiger partial charge in [0.1, 0.15) is 0 Å². The molecule has 0 aromatic carbocycles. The molecule has 2 saturated carbocycles. The van der Waals surface area contributed by atoms with Crippen LogP contribution >= 0.6 is 0 Å². The van der Waals surface area contributed by atoms with Gasteiger partial charge in [-0.25, -0.2) is 4.68 Å². The zero-order chi connectivity index (χ0) is 12.0. The highest BCUT2D eigenvalue weighted by molar-refractivity contribution is 5.69. The van der Waals surface area contributed by atoms with E-state index in [1.165, 1.54) is 19.3 Å². The Balaban J connectivity index is 1.74. The number of aliphatic carboxylic acids is 1. The molecule has 1 aromatic heterocycles. The minimum Gasteiger partial charge on any atom is -0.481 e. The van der Waals surface area contributed by atoms with Crippen molar-refractivity contribution in [2.24, 2.45) is 17.8 Å². The third-order valence-corrected chi connectivity index (χ3v) is 4.13. The number of nitrogens with zero attached hydrogens (tertiary/aromatic N) is 4. The van der Waals surface area contributed by atoms with Crippen LogP contribution in [0.3, 0.4) is 0 Å². The average molecular weight is 236 g/mol. The third kappa shape index (κ3) is 1.71. The Hall–Kier alpha value is -1.46. The molecule has 2 fully saturated rings. The largest absolute Gasteiger partial charge is 0.481 e. The van der Waals surface area contributed by atoms with E-state index in [0.29, 0.717) is 12.5 Å². The van der Waals surface area contributed by atoms with E-state index in [1.54, 1.807) is 11.6 Å². The van der Waals surface area contributed by atoms with Gasteiger partial charge in [-0.05, 0) is 35.1 Å². The number of hydrogen-bond donors (Lipinski definition) is 1. The lowest BCUT2D eigenvalue weighted by molar-refractivity contribution is -0.141. The number of carboxylic acids is 1. The smallest absolute Gasteiger partial charge is 0.308 e. The predicted molar refractivity (Wildman–Crippen MR) is 58.2 cm³/mol. The van der Waals surface area contributed by atoms with Crippen molar-refractivity contribution in [2.75, 3.05) is 0 Å². The Morgan fingerprint density at radius 1 is 1.53 bits per heavy atom. The molecule has 0 saturated heterocycles. The third-order valence-electron chi connectivity index (χ3n) is 4.13. The van der Waals surface area contributed by atoms with Gasteiger partial charge in [0.25, 0.3) is 0 Å². The second-order valence-electron chi connectivity index (χ2n) is 5.24. The Morgan fingerprint density at radius 3 is 2.88 bits per heavy atom. The van der Waals surface area contributed by atoms with Crippen molar-refractivity contribution in [3.8, 4) is 0 Å². The van der Waals surface area contributed by atoms with Crippen molar-refractivity contribution in [3.63, 3.8) is 0 Å². The van der Waals surface area contributed by atoms with Crippen LogP contribution in [0.4, 0.5) is 0 Å². The molecule has 0 spiro atoms. The maximum atomic E-state index is 10.8. The molecule has 2 aliphatic carbocycles. The maximum absolute atomic E-state index is 10.8. The molecule has 0 radical (unpaired) electrons. The van der Waals surface area contributed by atoms with E-state index in [1.807, 2.05) is 0 Å². The molecule has 6 heteroatoms. The molecule has 1 heterocycles. The van der Waals surface area contributed by atoms with Gasteiger partial charge in [0.2, 0.25) is 0 Å². The first kappa shape index (κ1) is 10.7. The summed E-state index contributed by atoms with van der Waals surface area (Å²) in [5.74, 6) is 1.63. The number of carboxylic acid groups (broad SMARTS) is 1. The minimum absolute atomic E-state index is 0.369. The van der Waals surface area contributed by atoms with Crippen molar-refractivity contribution in [2.45, 2.75) is 38.6 Å². The van der Waals surface area contributed by atoms with Crippen LogP contribution in [0.15, 0.2) is 0 Å². The fourth-order valence-corrected chi connectivity index (χ4v) is 3.12. The van der Waals surface area contributed by atoms with Gasteiger partial charge in [-0.3, -0.25) is 4.79 Å². The molecule has 17 heavy (non-hydrogen) atoms. The van der Waals surface area contributed by atoms with E-state index < -0.39 is 11.9 Å². The van der Waals surface area contributed by atoms with E-state index in [-0.39, 0.29) is 0 Å². The first-order valence-corrected chi connectivity index (χ1v) is 6.17. The molecule has 6 nitrogen and oxygen atoms in total. The number of tetrazole rings is 1. The van der Waals surface area contributed by atoms with E-state index in [9.17, 15) is 4.79 Å². The summed E-state index contributed by atoms with van der Waals surface area (Å²) in [5, 5.41) is 20.6. The van der Waals surface area contributed by atoms with Crippen LogP contribution in [0.1, 0.15) is 37.9 Å². The number of carbonyl (C=O) groups is 1. The van der Waals surface area contributed by atoms with Crippen LogP contribution in [0.5, 0.6) is 0 Å². The van der Waals surface area contributed by atoms with Crippen molar-refractivity contribution >= 4 is 5.97 Å². The number of hydrogen-bond acceptors (Lipinski definition) is 4. The van der Waals surface area contributed by atoms with E-state index in [2.05, 4.69) is 15.5 Å². The summed E-state index contributed by atoms with van der Waals surface area (Å²) in [7, 11) is 0. The molecule has 1 aromatic rings. The summed E-state index contributed by atoms with van der Waals surface area (Å²) >= 11 is 0. The number of aromatic nitrogens is 4. The second kappa shape index (κ2) is 3.78. The summed E-state index contributed by atoms with van der Waals surface area (Å²) < 4.78 is 1.68. The molecule has 3 atom stereocenters. The van der Waals surface area contributed by atoms with E-state index >= 15 is 0 Å². The zero-order valence-electron chi connectivity index (χ0n) is 9.78. The van der Waals surface area contributed by atoms with Gasteiger partial charge in [0.05, 0.1) is 12.5 Å². The van der Waals surface area contributed by atoms with Gasteiger partial charge >= 0.3 is 5.97 Å². The Bertz CT molecular complexity index is 434. The van der Waals surface area contributed by atoms with Crippen LogP contribution in [0.2, 0.25) is 0 Å². The summed E-state index contributed by atoms with van der Waals surface area (Å²) in [6.45, 7) is 2.05. The zero-order valence-corrected chi connectivity index (χ0v) is 9.78. The predicted octanol–water partition coefficient (Wildman–Crippen LogP) is 0.907. The fourth-order valence-electron chi connectivity index (χ4n) is 3.12. The Morgan fingerprint density at radius 2 is 2.24 bits per heavy atom. The SMILES string of the molecule is CC(Cn1nnnc1C1C2CCCC21)C(=O)O. The molecular formula is C11H16N4O2. The Labute approximate surface area is 99.0 Å². The van der Waals surface area contributed by atoms with Crippen molar-refractivity contribution in [3.05, 3.63) is 5.82 Å². The highest BCUT2D eigenvalue weighted by Crippen LogP contribution is 2.62. The highest BCUT2D eigenvalue weighted by atomic mass is 16.4.